The quantitative estimate of drug-likeness (QED) is 0.484. The zero-order valence-electron chi connectivity index (χ0n) is 13.1. The third-order valence-corrected chi connectivity index (χ3v) is 5.06. The van der Waals surface area contributed by atoms with Crippen LogP contribution in [0.2, 0.25) is 0 Å². The van der Waals surface area contributed by atoms with E-state index in [1.165, 1.54) is 25.7 Å². The Morgan fingerprint density at radius 2 is 1.89 bits per heavy atom. The van der Waals surface area contributed by atoms with Crippen LogP contribution in [0, 0.1) is 17.3 Å². The summed E-state index contributed by atoms with van der Waals surface area (Å²) in [6.45, 7) is 9.30. The smallest absolute Gasteiger partial charge is 0.0700 e. The molecule has 0 radical (unpaired) electrons. The standard InChI is InChI=1S/C16H31ClO2/c1-13-6-7-14(15(17)12-13)16(2,3)8-5-9-19-11-10-18-4/h13-15H,5-12H2,1-4H3. The number of rotatable bonds is 8. The highest BCUT2D eigenvalue weighted by Gasteiger charge is 2.37. The fraction of sp³-hybridized carbons (Fsp3) is 1.00. The number of alkyl halides is 1. The van der Waals surface area contributed by atoms with Crippen LogP contribution in [0.15, 0.2) is 0 Å². The summed E-state index contributed by atoms with van der Waals surface area (Å²) in [7, 11) is 1.71. The van der Waals surface area contributed by atoms with Crippen molar-refractivity contribution in [3.05, 3.63) is 0 Å². The van der Waals surface area contributed by atoms with Crippen LogP contribution in [-0.2, 0) is 9.47 Å². The van der Waals surface area contributed by atoms with Crippen LogP contribution >= 0.6 is 11.6 Å². The van der Waals surface area contributed by atoms with Gasteiger partial charge in [0.05, 0.1) is 13.2 Å². The summed E-state index contributed by atoms with van der Waals surface area (Å²) < 4.78 is 10.5. The Morgan fingerprint density at radius 1 is 1.16 bits per heavy atom. The SMILES string of the molecule is COCCOCCCC(C)(C)C1CCC(C)CC1Cl. The largest absolute Gasteiger partial charge is 0.382 e. The topological polar surface area (TPSA) is 18.5 Å². The van der Waals surface area contributed by atoms with Crippen LogP contribution in [-0.4, -0.2) is 32.3 Å². The first kappa shape index (κ1) is 17.3. The molecule has 19 heavy (non-hydrogen) atoms. The van der Waals surface area contributed by atoms with Crippen molar-refractivity contribution in [2.24, 2.45) is 17.3 Å². The van der Waals surface area contributed by atoms with E-state index in [0.29, 0.717) is 29.9 Å². The number of hydrogen-bond donors (Lipinski definition) is 0. The van der Waals surface area contributed by atoms with E-state index in [1.54, 1.807) is 7.11 Å². The minimum absolute atomic E-state index is 0.331. The van der Waals surface area contributed by atoms with Gasteiger partial charge in [0.1, 0.15) is 0 Å². The summed E-state index contributed by atoms with van der Waals surface area (Å²) in [4.78, 5) is 0. The van der Waals surface area contributed by atoms with Crippen molar-refractivity contribution >= 4 is 11.6 Å². The first-order valence-electron chi connectivity index (χ1n) is 7.68. The van der Waals surface area contributed by atoms with Gasteiger partial charge in [-0.25, -0.2) is 0 Å². The van der Waals surface area contributed by atoms with Crippen LogP contribution in [0.25, 0.3) is 0 Å². The summed E-state index contributed by atoms with van der Waals surface area (Å²) in [5.41, 5.74) is 0.331. The highest BCUT2D eigenvalue weighted by molar-refractivity contribution is 6.20. The molecule has 1 fully saturated rings. The summed E-state index contributed by atoms with van der Waals surface area (Å²) in [6, 6.07) is 0. The Balaban J connectivity index is 2.26. The molecular weight excluding hydrogens is 260 g/mol. The maximum Gasteiger partial charge on any atom is 0.0700 e. The van der Waals surface area contributed by atoms with Gasteiger partial charge in [-0.1, -0.05) is 27.2 Å². The van der Waals surface area contributed by atoms with Gasteiger partial charge < -0.3 is 9.47 Å². The van der Waals surface area contributed by atoms with Crippen LogP contribution in [0.3, 0.4) is 0 Å². The molecule has 0 amide bonds. The van der Waals surface area contributed by atoms with Gasteiger partial charge in [0.25, 0.3) is 0 Å². The zero-order chi connectivity index (χ0) is 14.3. The number of methoxy groups -OCH3 is 1. The Morgan fingerprint density at radius 3 is 2.53 bits per heavy atom. The summed E-state index contributed by atoms with van der Waals surface area (Å²) in [5.74, 6) is 1.45. The molecule has 0 saturated heterocycles. The van der Waals surface area contributed by atoms with E-state index in [1.807, 2.05) is 0 Å². The van der Waals surface area contributed by atoms with Crippen molar-refractivity contribution in [1.82, 2.24) is 0 Å². The highest BCUT2D eigenvalue weighted by atomic mass is 35.5. The van der Waals surface area contributed by atoms with Gasteiger partial charge in [0.15, 0.2) is 0 Å². The Bertz CT molecular complexity index is 243. The summed E-state index contributed by atoms with van der Waals surface area (Å²) in [6.07, 6.45) is 6.11. The molecule has 0 aromatic heterocycles. The molecule has 0 heterocycles. The third kappa shape index (κ3) is 6.01. The predicted octanol–water partition coefficient (Wildman–Crippen LogP) is 4.50. The molecule has 1 aliphatic carbocycles. The monoisotopic (exact) mass is 290 g/mol. The Hall–Kier alpha value is 0.210. The lowest BCUT2D eigenvalue weighted by Gasteiger charge is -2.42. The molecule has 1 aliphatic rings. The molecule has 3 heteroatoms. The molecule has 114 valence electrons. The fourth-order valence-corrected chi connectivity index (χ4v) is 4.02. The zero-order valence-corrected chi connectivity index (χ0v) is 13.8. The van der Waals surface area contributed by atoms with Crippen LogP contribution in [0.1, 0.15) is 52.9 Å². The lowest BCUT2D eigenvalue weighted by atomic mass is 9.67. The van der Waals surface area contributed by atoms with Gasteiger partial charge in [0.2, 0.25) is 0 Å². The molecule has 2 nitrogen and oxygen atoms in total. The van der Waals surface area contributed by atoms with E-state index in [2.05, 4.69) is 20.8 Å². The molecular formula is C16H31ClO2. The van der Waals surface area contributed by atoms with E-state index in [-0.39, 0.29) is 0 Å². The molecule has 0 aromatic rings. The molecule has 3 unspecified atom stereocenters. The second-order valence-electron chi connectivity index (χ2n) is 6.74. The molecule has 0 N–H and O–H groups in total. The Kier molecular flexibility index (Phi) is 7.71. The van der Waals surface area contributed by atoms with Gasteiger partial charge in [-0.3, -0.25) is 0 Å². The van der Waals surface area contributed by atoms with Crippen molar-refractivity contribution in [2.45, 2.75) is 58.3 Å². The molecule has 1 rings (SSSR count). The van der Waals surface area contributed by atoms with E-state index in [9.17, 15) is 0 Å². The van der Waals surface area contributed by atoms with Crippen molar-refractivity contribution in [2.75, 3.05) is 26.9 Å². The summed E-state index contributed by atoms with van der Waals surface area (Å²) >= 11 is 6.60. The van der Waals surface area contributed by atoms with E-state index in [0.717, 1.165) is 18.9 Å². The molecule has 0 aliphatic heterocycles. The number of hydrogen-bond acceptors (Lipinski definition) is 2. The number of halogens is 1. The predicted molar refractivity (Wildman–Crippen MR) is 81.9 cm³/mol. The maximum atomic E-state index is 6.60. The molecule has 3 atom stereocenters. The molecule has 0 spiro atoms. The molecule has 0 bridgehead atoms. The maximum absolute atomic E-state index is 6.60. The van der Waals surface area contributed by atoms with Gasteiger partial charge in [-0.2, -0.15) is 0 Å². The normalized spacial score (nSPS) is 28.6. The minimum Gasteiger partial charge on any atom is -0.382 e. The Labute approximate surface area is 124 Å². The van der Waals surface area contributed by atoms with Crippen molar-refractivity contribution < 1.29 is 9.47 Å². The van der Waals surface area contributed by atoms with E-state index >= 15 is 0 Å². The van der Waals surface area contributed by atoms with Gasteiger partial charge in [0, 0.05) is 19.1 Å². The molecule has 1 saturated carbocycles. The van der Waals surface area contributed by atoms with Gasteiger partial charge in [-0.15, -0.1) is 11.6 Å². The first-order valence-corrected chi connectivity index (χ1v) is 8.11. The van der Waals surface area contributed by atoms with Crippen LogP contribution in [0.5, 0.6) is 0 Å². The van der Waals surface area contributed by atoms with Crippen LogP contribution < -0.4 is 0 Å². The van der Waals surface area contributed by atoms with Gasteiger partial charge in [-0.05, 0) is 42.9 Å². The molecule has 0 aromatic carbocycles. The van der Waals surface area contributed by atoms with Crippen molar-refractivity contribution in [1.29, 1.82) is 0 Å². The average Bonchev–Trinajstić information content (AvgIpc) is 2.33. The minimum atomic E-state index is 0.331. The lowest BCUT2D eigenvalue weighted by Crippen LogP contribution is -2.36. The third-order valence-electron chi connectivity index (χ3n) is 4.58. The van der Waals surface area contributed by atoms with Crippen molar-refractivity contribution in [3.8, 4) is 0 Å². The average molecular weight is 291 g/mol. The highest BCUT2D eigenvalue weighted by Crippen LogP contribution is 2.45. The number of ether oxygens (including phenoxy) is 2. The fourth-order valence-electron chi connectivity index (χ4n) is 3.25. The second-order valence-corrected chi connectivity index (χ2v) is 7.30. The summed E-state index contributed by atoms with van der Waals surface area (Å²) in [5, 5.41) is 0.355. The first-order chi connectivity index (χ1) is 8.97. The van der Waals surface area contributed by atoms with Gasteiger partial charge >= 0.3 is 0 Å². The van der Waals surface area contributed by atoms with E-state index < -0.39 is 0 Å². The van der Waals surface area contributed by atoms with Crippen LogP contribution in [0.4, 0.5) is 0 Å². The van der Waals surface area contributed by atoms with Crippen molar-refractivity contribution in [3.63, 3.8) is 0 Å². The lowest BCUT2D eigenvalue weighted by molar-refractivity contribution is 0.0574. The van der Waals surface area contributed by atoms with E-state index in [4.69, 9.17) is 21.1 Å². The second kappa shape index (κ2) is 8.49.